The number of hydrogen-bond acceptors (Lipinski definition) is 4. The van der Waals surface area contributed by atoms with E-state index in [1.165, 1.54) is 0 Å². The van der Waals surface area contributed by atoms with Crippen molar-refractivity contribution in [1.29, 1.82) is 0 Å². The SMILES string of the molecule is Nc1c(NCCO)n2n(c1=O)CCC2. The molecule has 0 saturated heterocycles. The molecule has 0 radical (unpaired) electrons. The third-order valence-corrected chi connectivity index (χ3v) is 2.41. The second kappa shape index (κ2) is 3.38. The van der Waals surface area contributed by atoms with E-state index in [4.69, 9.17) is 10.8 Å². The Morgan fingerprint density at radius 3 is 2.86 bits per heavy atom. The minimum atomic E-state index is -0.136. The smallest absolute Gasteiger partial charge is 0.292 e. The molecule has 6 heteroatoms. The monoisotopic (exact) mass is 198 g/mol. The first-order chi connectivity index (χ1) is 6.75. The van der Waals surface area contributed by atoms with Crippen LogP contribution in [0, 0.1) is 0 Å². The van der Waals surface area contributed by atoms with Crippen LogP contribution in [0.3, 0.4) is 0 Å². The first-order valence-corrected chi connectivity index (χ1v) is 4.69. The van der Waals surface area contributed by atoms with Gasteiger partial charge in [0.25, 0.3) is 5.56 Å². The summed E-state index contributed by atoms with van der Waals surface area (Å²) in [7, 11) is 0. The van der Waals surface area contributed by atoms with Crippen LogP contribution < -0.4 is 16.6 Å². The average Bonchev–Trinajstić information content (AvgIpc) is 2.72. The summed E-state index contributed by atoms with van der Waals surface area (Å²) in [5.41, 5.74) is 5.77. The fraction of sp³-hybridized carbons (Fsp3) is 0.625. The van der Waals surface area contributed by atoms with Crippen molar-refractivity contribution in [1.82, 2.24) is 9.36 Å². The molecule has 2 rings (SSSR count). The molecular weight excluding hydrogens is 184 g/mol. The van der Waals surface area contributed by atoms with Crippen LogP contribution in [0.1, 0.15) is 6.42 Å². The predicted molar refractivity (Wildman–Crippen MR) is 53.3 cm³/mol. The van der Waals surface area contributed by atoms with Crippen LogP contribution >= 0.6 is 0 Å². The number of aromatic nitrogens is 2. The van der Waals surface area contributed by atoms with Crippen LogP contribution in [0.15, 0.2) is 4.79 Å². The molecule has 78 valence electrons. The largest absolute Gasteiger partial charge is 0.395 e. The summed E-state index contributed by atoms with van der Waals surface area (Å²) in [5, 5.41) is 11.6. The summed E-state index contributed by atoms with van der Waals surface area (Å²) in [6, 6.07) is 0. The second-order valence-electron chi connectivity index (χ2n) is 3.32. The predicted octanol–water partition coefficient (Wildman–Crippen LogP) is -0.960. The summed E-state index contributed by atoms with van der Waals surface area (Å²) in [4.78, 5) is 11.6. The highest BCUT2D eigenvalue weighted by Crippen LogP contribution is 2.19. The van der Waals surface area contributed by atoms with Gasteiger partial charge in [-0.1, -0.05) is 0 Å². The van der Waals surface area contributed by atoms with Gasteiger partial charge in [-0.3, -0.25) is 9.48 Å². The molecule has 0 fully saturated rings. The lowest BCUT2D eigenvalue weighted by Crippen LogP contribution is -2.18. The summed E-state index contributed by atoms with van der Waals surface area (Å²) in [5.74, 6) is 0.640. The zero-order chi connectivity index (χ0) is 10.1. The lowest BCUT2D eigenvalue weighted by molar-refractivity contribution is 0.310. The molecule has 1 aliphatic heterocycles. The highest BCUT2D eigenvalue weighted by molar-refractivity contribution is 5.61. The van der Waals surface area contributed by atoms with Crippen molar-refractivity contribution in [3.05, 3.63) is 10.4 Å². The molecule has 0 atom stereocenters. The Bertz CT molecular complexity index is 393. The van der Waals surface area contributed by atoms with Gasteiger partial charge in [0.05, 0.1) is 6.61 Å². The van der Waals surface area contributed by atoms with Gasteiger partial charge in [-0.25, -0.2) is 4.68 Å². The van der Waals surface area contributed by atoms with Gasteiger partial charge in [0.1, 0.15) is 11.5 Å². The maximum atomic E-state index is 11.6. The first-order valence-electron chi connectivity index (χ1n) is 4.69. The number of rotatable bonds is 3. The molecule has 0 aliphatic carbocycles. The molecular formula is C8H14N4O2. The minimum Gasteiger partial charge on any atom is -0.395 e. The minimum absolute atomic E-state index is 0.0266. The summed E-state index contributed by atoms with van der Waals surface area (Å²) >= 11 is 0. The fourth-order valence-electron chi connectivity index (χ4n) is 1.80. The van der Waals surface area contributed by atoms with Crippen molar-refractivity contribution < 1.29 is 5.11 Å². The number of fused-ring (bicyclic) bond motifs is 1. The van der Waals surface area contributed by atoms with Crippen LogP contribution in [0.2, 0.25) is 0 Å². The van der Waals surface area contributed by atoms with Crippen molar-refractivity contribution in [2.75, 3.05) is 24.2 Å². The van der Waals surface area contributed by atoms with Gasteiger partial charge in [0.15, 0.2) is 0 Å². The Hall–Kier alpha value is -1.43. The fourth-order valence-corrected chi connectivity index (χ4v) is 1.80. The number of aliphatic hydroxyl groups is 1. The average molecular weight is 198 g/mol. The Morgan fingerprint density at radius 1 is 1.43 bits per heavy atom. The third kappa shape index (κ3) is 1.19. The standard InChI is InChI=1S/C8H14N4O2/c9-6-7(10-2-5-13)11-3-1-4-12(11)8(6)14/h10,13H,1-5,9H2. The molecule has 0 unspecified atom stereocenters. The summed E-state index contributed by atoms with van der Waals surface area (Å²) < 4.78 is 3.47. The van der Waals surface area contributed by atoms with Crippen LogP contribution in [-0.4, -0.2) is 27.6 Å². The molecule has 1 aromatic heterocycles. The van der Waals surface area contributed by atoms with Crippen LogP contribution in [0.5, 0.6) is 0 Å². The highest BCUT2D eigenvalue weighted by atomic mass is 16.3. The van der Waals surface area contributed by atoms with E-state index in [2.05, 4.69) is 5.32 Å². The van der Waals surface area contributed by atoms with E-state index in [1.807, 2.05) is 4.68 Å². The van der Waals surface area contributed by atoms with Crippen LogP contribution in [0.4, 0.5) is 11.5 Å². The van der Waals surface area contributed by atoms with Crippen molar-refractivity contribution >= 4 is 11.5 Å². The second-order valence-corrected chi connectivity index (χ2v) is 3.32. The summed E-state index contributed by atoms with van der Waals surface area (Å²) in [6.45, 7) is 1.97. The number of nitrogens with one attached hydrogen (secondary N) is 1. The number of nitrogens with zero attached hydrogens (tertiary/aromatic N) is 2. The number of nitrogens with two attached hydrogens (primary N) is 1. The van der Waals surface area contributed by atoms with Gasteiger partial charge < -0.3 is 16.2 Å². The van der Waals surface area contributed by atoms with Gasteiger partial charge >= 0.3 is 0 Å². The van der Waals surface area contributed by atoms with E-state index in [0.717, 1.165) is 19.5 Å². The van der Waals surface area contributed by atoms with Gasteiger partial charge in [0.2, 0.25) is 0 Å². The Kier molecular flexibility index (Phi) is 2.20. The quantitative estimate of drug-likeness (QED) is 0.584. The molecule has 0 bridgehead atoms. The van der Waals surface area contributed by atoms with Crippen LogP contribution in [-0.2, 0) is 13.1 Å². The molecule has 1 aromatic rings. The maximum Gasteiger partial charge on any atom is 0.292 e. The molecule has 0 amide bonds. The Morgan fingerprint density at radius 2 is 2.14 bits per heavy atom. The maximum absolute atomic E-state index is 11.6. The molecule has 0 saturated carbocycles. The van der Waals surface area contributed by atoms with E-state index < -0.39 is 0 Å². The lowest BCUT2D eigenvalue weighted by Gasteiger charge is -2.07. The lowest BCUT2D eigenvalue weighted by atomic mass is 10.4. The molecule has 0 aromatic carbocycles. The highest BCUT2D eigenvalue weighted by Gasteiger charge is 2.20. The molecule has 14 heavy (non-hydrogen) atoms. The molecule has 0 spiro atoms. The van der Waals surface area contributed by atoms with E-state index in [9.17, 15) is 4.79 Å². The molecule has 1 aliphatic rings. The van der Waals surface area contributed by atoms with Crippen molar-refractivity contribution in [3.63, 3.8) is 0 Å². The zero-order valence-electron chi connectivity index (χ0n) is 7.86. The summed E-state index contributed by atoms with van der Waals surface area (Å²) in [6.07, 6.45) is 0.962. The van der Waals surface area contributed by atoms with E-state index in [1.54, 1.807) is 4.68 Å². The number of aliphatic hydroxyl groups excluding tert-OH is 1. The van der Waals surface area contributed by atoms with Gasteiger partial charge in [0, 0.05) is 19.6 Å². The normalized spacial score (nSPS) is 14.4. The first kappa shape index (κ1) is 9.14. The van der Waals surface area contributed by atoms with Gasteiger partial charge in [-0.2, -0.15) is 0 Å². The zero-order valence-corrected chi connectivity index (χ0v) is 7.86. The van der Waals surface area contributed by atoms with Crippen molar-refractivity contribution in [2.24, 2.45) is 0 Å². The molecule has 4 N–H and O–H groups in total. The number of hydrogen-bond donors (Lipinski definition) is 3. The van der Waals surface area contributed by atoms with Crippen molar-refractivity contribution in [2.45, 2.75) is 19.5 Å². The van der Waals surface area contributed by atoms with E-state index >= 15 is 0 Å². The van der Waals surface area contributed by atoms with Gasteiger partial charge in [-0.05, 0) is 6.42 Å². The Labute approximate surface area is 80.9 Å². The molecule has 2 heterocycles. The third-order valence-electron chi connectivity index (χ3n) is 2.41. The van der Waals surface area contributed by atoms with Gasteiger partial charge in [-0.15, -0.1) is 0 Å². The number of nitrogen functional groups attached to an aromatic ring is 1. The Balaban J connectivity index is 2.39. The molecule has 6 nitrogen and oxygen atoms in total. The van der Waals surface area contributed by atoms with E-state index in [0.29, 0.717) is 12.4 Å². The van der Waals surface area contributed by atoms with Crippen molar-refractivity contribution in [3.8, 4) is 0 Å². The van der Waals surface area contributed by atoms with E-state index in [-0.39, 0.29) is 17.9 Å². The van der Waals surface area contributed by atoms with Crippen LogP contribution in [0.25, 0.3) is 0 Å². The topological polar surface area (TPSA) is 85.2 Å². The number of anilines is 2.